The lowest BCUT2D eigenvalue weighted by molar-refractivity contribution is 0.514. The van der Waals surface area contributed by atoms with Gasteiger partial charge in [0.05, 0.1) is 0 Å². The summed E-state index contributed by atoms with van der Waals surface area (Å²) >= 11 is 2.17. The van der Waals surface area contributed by atoms with Gasteiger partial charge in [0.25, 0.3) is 0 Å². The van der Waals surface area contributed by atoms with Crippen molar-refractivity contribution in [3.05, 3.63) is 29.6 Å². The molecule has 0 aromatic carbocycles. The SMILES string of the molecule is CCc1ccc(CC(CSC2CCCCC2)NC)nc1. The predicted octanol–water partition coefficient (Wildman–Crippen LogP) is 3.84. The van der Waals surface area contributed by atoms with Crippen LogP contribution in [0.2, 0.25) is 0 Å². The average molecular weight is 292 g/mol. The Balaban J connectivity index is 1.78. The minimum Gasteiger partial charge on any atom is -0.316 e. The van der Waals surface area contributed by atoms with Gasteiger partial charge in [-0.05, 0) is 37.9 Å². The molecule has 1 saturated carbocycles. The summed E-state index contributed by atoms with van der Waals surface area (Å²) in [6.07, 6.45) is 11.3. The van der Waals surface area contributed by atoms with E-state index in [1.54, 1.807) is 0 Å². The molecule has 112 valence electrons. The molecule has 0 amide bonds. The van der Waals surface area contributed by atoms with E-state index in [1.807, 2.05) is 6.20 Å². The molecule has 1 atom stereocenters. The van der Waals surface area contributed by atoms with Crippen LogP contribution >= 0.6 is 11.8 Å². The van der Waals surface area contributed by atoms with Gasteiger partial charge in [-0.1, -0.05) is 32.3 Å². The Kier molecular flexibility index (Phi) is 6.88. The highest BCUT2D eigenvalue weighted by molar-refractivity contribution is 7.99. The Hall–Kier alpha value is -0.540. The van der Waals surface area contributed by atoms with E-state index < -0.39 is 0 Å². The fourth-order valence-corrected chi connectivity index (χ4v) is 4.22. The van der Waals surface area contributed by atoms with E-state index in [4.69, 9.17) is 0 Å². The van der Waals surface area contributed by atoms with E-state index in [1.165, 1.54) is 49.1 Å². The Morgan fingerprint density at radius 2 is 2.10 bits per heavy atom. The van der Waals surface area contributed by atoms with Crippen LogP contribution in [0.15, 0.2) is 18.3 Å². The van der Waals surface area contributed by atoms with Crippen LogP contribution < -0.4 is 5.32 Å². The number of pyridine rings is 1. The zero-order chi connectivity index (χ0) is 14.2. The van der Waals surface area contributed by atoms with Crippen LogP contribution in [0.4, 0.5) is 0 Å². The van der Waals surface area contributed by atoms with Crippen LogP contribution in [0.1, 0.15) is 50.3 Å². The van der Waals surface area contributed by atoms with Crippen molar-refractivity contribution in [3.63, 3.8) is 0 Å². The van der Waals surface area contributed by atoms with Crippen molar-refractivity contribution < 1.29 is 0 Å². The molecule has 1 aliphatic rings. The van der Waals surface area contributed by atoms with Gasteiger partial charge >= 0.3 is 0 Å². The lowest BCUT2D eigenvalue weighted by atomic mass is 10.0. The highest BCUT2D eigenvalue weighted by atomic mass is 32.2. The summed E-state index contributed by atoms with van der Waals surface area (Å²) in [7, 11) is 2.08. The largest absolute Gasteiger partial charge is 0.316 e. The van der Waals surface area contributed by atoms with Gasteiger partial charge in [0, 0.05) is 35.4 Å². The molecule has 1 fully saturated rings. The third-order valence-corrected chi connectivity index (χ3v) is 5.78. The van der Waals surface area contributed by atoms with Crippen molar-refractivity contribution in [1.82, 2.24) is 10.3 Å². The molecule has 0 aliphatic heterocycles. The second kappa shape index (κ2) is 8.68. The molecule has 1 aliphatic carbocycles. The number of nitrogens with one attached hydrogen (secondary N) is 1. The maximum atomic E-state index is 4.58. The van der Waals surface area contributed by atoms with Crippen LogP contribution in [0.25, 0.3) is 0 Å². The topological polar surface area (TPSA) is 24.9 Å². The molecular weight excluding hydrogens is 264 g/mol. The zero-order valence-electron chi connectivity index (χ0n) is 12.9. The van der Waals surface area contributed by atoms with Crippen LogP contribution in [0, 0.1) is 0 Å². The first-order chi connectivity index (χ1) is 9.81. The number of hydrogen-bond donors (Lipinski definition) is 1. The van der Waals surface area contributed by atoms with Crippen molar-refractivity contribution in [2.45, 2.75) is 63.2 Å². The molecule has 1 heterocycles. The van der Waals surface area contributed by atoms with Crippen LogP contribution in [-0.2, 0) is 12.8 Å². The molecule has 1 aromatic heterocycles. The minimum atomic E-state index is 0.543. The molecule has 3 heteroatoms. The maximum Gasteiger partial charge on any atom is 0.0419 e. The van der Waals surface area contributed by atoms with E-state index in [-0.39, 0.29) is 0 Å². The highest BCUT2D eigenvalue weighted by Crippen LogP contribution is 2.28. The van der Waals surface area contributed by atoms with Crippen LogP contribution in [0.3, 0.4) is 0 Å². The van der Waals surface area contributed by atoms with Crippen molar-refractivity contribution >= 4 is 11.8 Å². The second-order valence-corrected chi connectivity index (χ2v) is 7.13. The molecule has 1 N–H and O–H groups in total. The smallest absolute Gasteiger partial charge is 0.0419 e. The number of aromatic nitrogens is 1. The lowest BCUT2D eigenvalue weighted by Gasteiger charge is -2.23. The number of aryl methyl sites for hydroxylation is 1. The van der Waals surface area contributed by atoms with Gasteiger partial charge in [-0.3, -0.25) is 4.98 Å². The zero-order valence-corrected chi connectivity index (χ0v) is 13.7. The highest BCUT2D eigenvalue weighted by Gasteiger charge is 2.16. The van der Waals surface area contributed by atoms with Crippen LogP contribution in [-0.4, -0.2) is 29.1 Å². The first-order valence-corrected chi connectivity index (χ1v) is 9.09. The van der Waals surface area contributed by atoms with E-state index in [0.717, 1.165) is 18.1 Å². The lowest BCUT2D eigenvalue weighted by Crippen LogP contribution is -2.31. The van der Waals surface area contributed by atoms with Crippen LogP contribution in [0.5, 0.6) is 0 Å². The van der Waals surface area contributed by atoms with Gasteiger partial charge < -0.3 is 5.32 Å². The maximum absolute atomic E-state index is 4.58. The van der Waals surface area contributed by atoms with Gasteiger partial charge in [-0.15, -0.1) is 0 Å². The van der Waals surface area contributed by atoms with E-state index in [9.17, 15) is 0 Å². The Bertz CT molecular complexity index is 371. The third kappa shape index (κ3) is 5.10. The number of thioether (sulfide) groups is 1. The number of likely N-dealkylation sites (N-methyl/N-ethyl adjacent to an activating group) is 1. The summed E-state index contributed by atoms with van der Waals surface area (Å²) in [4.78, 5) is 4.58. The fourth-order valence-electron chi connectivity index (χ4n) is 2.77. The van der Waals surface area contributed by atoms with Gasteiger partial charge in [-0.2, -0.15) is 11.8 Å². The van der Waals surface area contributed by atoms with Gasteiger partial charge in [-0.25, -0.2) is 0 Å². The summed E-state index contributed by atoms with van der Waals surface area (Å²) < 4.78 is 0. The van der Waals surface area contributed by atoms with Gasteiger partial charge in [0.1, 0.15) is 0 Å². The average Bonchev–Trinajstić information content (AvgIpc) is 2.53. The number of rotatable bonds is 7. The summed E-state index contributed by atoms with van der Waals surface area (Å²) in [5.74, 6) is 1.21. The van der Waals surface area contributed by atoms with Gasteiger partial charge in [0.15, 0.2) is 0 Å². The molecule has 1 aromatic rings. The molecular formula is C17H28N2S. The van der Waals surface area contributed by atoms with E-state index >= 15 is 0 Å². The number of hydrogen-bond acceptors (Lipinski definition) is 3. The molecule has 0 radical (unpaired) electrons. The quantitative estimate of drug-likeness (QED) is 0.826. The van der Waals surface area contributed by atoms with Gasteiger partial charge in [0.2, 0.25) is 0 Å². The molecule has 0 bridgehead atoms. The Labute approximate surface area is 128 Å². The normalized spacial score (nSPS) is 18.1. The second-order valence-electron chi connectivity index (χ2n) is 5.79. The van der Waals surface area contributed by atoms with Crippen molar-refractivity contribution in [1.29, 1.82) is 0 Å². The Morgan fingerprint density at radius 1 is 1.30 bits per heavy atom. The summed E-state index contributed by atoms with van der Waals surface area (Å²) in [6.45, 7) is 2.17. The van der Waals surface area contributed by atoms with Crippen molar-refractivity contribution in [3.8, 4) is 0 Å². The summed E-state index contributed by atoms with van der Waals surface area (Å²) in [5.41, 5.74) is 2.54. The molecule has 0 spiro atoms. The molecule has 2 nitrogen and oxygen atoms in total. The molecule has 0 saturated heterocycles. The molecule has 1 unspecified atom stereocenters. The monoisotopic (exact) mass is 292 g/mol. The van der Waals surface area contributed by atoms with Crippen molar-refractivity contribution in [2.24, 2.45) is 0 Å². The number of nitrogens with zero attached hydrogens (tertiary/aromatic N) is 1. The third-order valence-electron chi connectivity index (χ3n) is 4.24. The minimum absolute atomic E-state index is 0.543. The first kappa shape index (κ1) is 15.8. The summed E-state index contributed by atoms with van der Waals surface area (Å²) in [5, 5.41) is 4.36. The molecule has 20 heavy (non-hydrogen) atoms. The first-order valence-electron chi connectivity index (χ1n) is 8.04. The fraction of sp³-hybridized carbons (Fsp3) is 0.706. The predicted molar refractivity (Wildman–Crippen MR) is 89.5 cm³/mol. The Morgan fingerprint density at radius 3 is 2.70 bits per heavy atom. The van der Waals surface area contributed by atoms with E-state index in [0.29, 0.717) is 6.04 Å². The standard InChI is InChI=1S/C17H28N2S/c1-3-14-9-10-15(19-12-14)11-16(18-2)13-20-17-7-5-4-6-8-17/h9-10,12,16-18H,3-8,11,13H2,1-2H3. The van der Waals surface area contributed by atoms with E-state index in [2.05, 4.69) is 48.2 Å². The molecule has 2 rings (SSSR count). The van der Waals surface area contributed by atoms with Crippen molar-refractivity contribution in [2.75, 3.05) is 12.8 Å². The summed E-state index contributed by atoms with van der Waals surface area (Å²) in [6, 6.07) is 4.94.